The van der Waals surface area contributed by atoms with Crippen molar-refractivity contribution in [1.29, 1.82) is 0 Å². The van der Waals surface area contributed by atoms with Crippen LogP contribution < -0.4 is 5.32 Å². The van der Waals surface area contributed by atoms with Gasteiger partial charge in [-0.25, -0.2) is 13.4 Å². The maximum absolute atomic E-state index is 13.0. The van der Waals surface area contributed by atoms with Crippen molar-refractivity contribution in [3.63, 3.8) is 0 Å². The molecule has 4 aromatic rings. The van der Waals surface area contributed by atoms with E-state index in [0.717, 1.165) is 46.7 Å². The molecule has 1 aromatic heterocycles. The summed E-state index contributed by atoms with van der Waals surface area (Å²) in [6.45, 7) is 0. The lowest BCUT2D eigenvalue weighted by molar-refractivity contribution is 0.102. The van der Waals surface area contributed by atoms with Crippen LogP contribution >= 0.6 is 11.3 Å². The van der Waals surface area contributed by atoms with E-state index in [4.69, 9.17) is 0 Å². The molecule has 170 valence electrons. The van der Waals surface area contributed by atoms with Crippen LogP contribution in [0.4, 0.5) is 5.13 Å². The second-order valence-corrected chi connectivity index (χ2v) is 11.4. The number of benzene rings is 3. The van der Waals surface area contributed by atoms with Crippen molar-refractivity contribution in [2.75, 3.05) is 12.4 Å². The lowest BCUT2D eigenvalue weighted by Crippen LogP contribution is -2.38. The predicted molar refractivity (Wildman–Crippen MR) is 133 cm³/mol. The zero-order chi connectivity index (χ0) is 23.0. The lowest BCUT2D eigenvalue weighted by Gasteiger charge is -2.30. The van der Waals surface area contributed by atoms with Gasteiger partial charge in [-0.1, -0.05) is 60.9 Å². The Morgan fingerprint density at radius 3 is 2.48 bits per heavy atom. The highest BCUT2D eigenvalue weighted by Gasteiger charge is 2.29. The summed E-state index contributed by atoms with van der Waals surface area (Å²) in [7, 11) is -1.93. The van der Waals surface area contributed by atoms with Crippen LogP contribution in [0.15, 0.2) is 65.6 Å². The molecule has 0 radical (unpaired) electrons. The Morgan fingerprint density at radius 1 is 1.00 bits per heavy atom. The van der Waals surface area contributed by atoms with Crippen molar-refractivity contribution in [2.45, 2.75) is 43.0 Å². The van der Waals surface area contributed by atoms with E-state index in [9.17, 15) is 13.2 Å². The van der Waals surface area contributed by atoms with Crippen LogP contribution in [0.2, 0.25) is 0 Å². The fourth-order valence-corrected chi connectivity index (χ4v) is 6.87. The van der Waals surface area contributed by atoms with E-state index >= 15 is 0 Å². The van der Waals surface area contributed by atoms with E-state index in [0.29, 0.717) is 10.7 Å². The van der Waals surface area contributed by atoms with E-state index in [1.165, 1.54) is 34.2 Å². The number of amides is 1. The normalized spacial score (nSPS) is 15.3. The molecule has 33 heavy (non-hydrogen) atoms. The Kier molecular flexibility index (Phi) is 5.90. The van der Waals surface area contributed by atoms with Crippen LogP contribution in [-0.4, -0.2) is 36.7 Å². The van der Waals surface area contributed by atoms with Crippen LogP contribution in [-0.2, 0) is 10.0 Å². The van der Waals surface area contributed by atoms with Crippen LogP contribution in [0.1, 0.15) is 42.5 Å². The fourth-order valence-electron chi connectivity index (χ4n) is 4.46. The minimum Gasteiger partial charge on any atom is -0.298 e. The molecule has 1 aliphatic carbocycles. The number of aromatic nitrogens is 1. The summed E-state index contributed by atoms with van der Waals surface area (Å²) in [5.74, 6) is -0.317. The first-order chi connectivity index (χ1) is 15.9. The zero-order valence-electron chi connectivity index (χ0n) is 18.3. The fraction of sp³-hybridized carbons (Fsp3) is 0.280. The van der Waals surface area contributed by atoms with Gasteiger partial charge in [0.15, 0.2) is 5.13 Å². The molecule has 0 atom stereocenters. The molecule has 1 saturated carbocycles. The Bertz CT molecular complexity index is 1420. The number of sulfonamides is 1. The Morgan fingerprint density at radius 2 is 1.73 bits per heavy atom. The lowest BCUT2D eigenvalue weighted by atomic mass is 9.96. The van der Waals surface area contributed by atoms with Gasteiger partial charge in [-0.2, -0.15) is 4.31 Å². The molecule has 0 spiro atoms. The van der Waals surface area contributed by atoms with E-state index in [2.05, 4.69) is 10.3 Å². The van der Waals surface area contributed by atoms with Crippen molar-refractivity contribution in [3.05, 3.63) is 66.2 Å². The third-order valence-electron chi connectivity index (χ3n) is 6.38. The average Bonchev–Trinajstić information content (AvgIpc) is 3.27. The summed E-state index contributed by atoms with van der Waals surface area (Å²) >= 11 is 1.43. The first-order valence-corrected chi connectivity index (χ1v) is 13.4. The monoisotopic (exact) mass is 479 g/mol. The highest BCUT2D eigenvalue weighted by atomic mass is 32.2. The summed E-state index contributed by atoms with van der Waals surface area (Å²) in [6.07, 6.45) is 5.08. The molecule has 1 fully saturated rings. The first kappa shape index (κ1) is 22.0. The van der Waals surface area contributed by atoms with Gasteiger partial charge in [-0.05, 0) is 48.6 Å². The molecule has 0 unspecified atom stereocenters. The third kappa shape index (κ3) is 4.26. The molecule has 1 amide bonds. The van der Waals surface area contributed by atoms with Crippen molar-refractivity contribution in [1.82, 2.24) is 9.29 Å². The van der Waals surface area contributed by atoms with Gasteiger partial charge in [0, 0.05) is 24.0 Å². The summed E-state index contributed by atoms with van der Waals surface area (Å²) in [6, 6.07) is 18.2. The average molecular weight is 480 g/mol. The third-order valence-corrected chi connectivity index (χ3v) is 9.33. The topological polar surface area (TPSA) is 79.4 Å². The van der Waals surface area contributed by atoms with Gasteiger partial charge < -0.3 is 0 Å². The van der Waals surface area contributed by atoms with E-state index in [1.807, 2.05) is 36.4 Å². The van der Waals surface area contributed by atoms with Crippen LogP contribution in [0.3, 0.4) is 0 Å². The molecule has 6 nitrogen and oxygen atoms in total. The van der Waals surface area contributed by atoms with Crippen molar-refractivity contribution in [3.8, 4) is 0 Å². The smallest absolute Gasteiger partial charge is 0.257 e. The number of thiazole rings is 1. The quantitative estimate of drug-likeness (QED) is 0.401. The van der Waals surface area contributed by atoms with Gasteiger partial charge in [-0.3, -0.25) is 10.1 Å². The summed E-state index contributed by atoms with van der Waals surface area (Å²) in [5.41, 5.74) is 1.22. The molecule has 8 heteroatoms. The molecule has 1 heterocycles. The van der Waals surface area contributed by atoms with E-state index in [-0.39, 0.29) is 16.8 Å². The highest BCUT2D eigenvalue weighted by molar-refractivity contribution is 7.89. The zero-order valence-corrected chi connectivity index (χ0v) is 20.0. The number of carbonyl (C=O) groups is 1. The second kappa shape index (κ2) is 8.85. The number of anilines is 1. The maximum atomic E-state index is 13.0. The standard InChI is InChI=1S/C25H25N3O3S2/c1-28(19-8-3-2-4-9-19)33(30,31)20-14-11-18(12-15-20)24(29)27-25-26-22-16-13-17-7-5-6-10-21(17)23(22)32-25/h5-7,10-16,19H,2-4,8-9H2,1H3,(H,26,27,29). The SMILES string of the molecule is CN(C1CCCCC1)S(=O)(=O)c1ccc(C(=O)Nc2nc3ccc4ccccc4c3s2)cc1. The van der Waals surface area contributed by atoms with Gasteiger partial charge in [-0.15, -0.1) is 0 Å². The summed E-state index contributed by atoms with van der Waals surface area (Å²) in [4.78, 5) is 17.5. The van der Waals surface area contributed by atoms with Gasteiger partial charge in [0.05, 0.1) is 15.1 Å². The van der Waals surface area contributed by atoms with Crippen LogP contribution in [0.5, 0.6) is 0 Å². The molecule has 1 N–H and O–H groups in total. The van der Waals surface area contributed by atoms with Crippen molar-refractivity contribution < 1.29 is 13.2 Å². The van der Waals surface area contributed by atoms with Crippen LogP contribution in [0, 0.1) is 0 Å². The minimum absolute atomic E-state index is 0.0434. The second-order valence-electron chi connectivity index (χ2n) is 8.45. The van der Waals surface area contributed by atoms with E-state index in [1.54, 1.807) is 19.2 Å². The molecular formula is C25H25N3O3S2. The number of nitrogens with zero attached hydrogens (tertiary/aromatic N) is 2. The molecule has 3 aromatic carbocycles. The maximum Gasteiger partial charge on any atom is 0.257 e. The number of hydrogen-bond donors (Lipinski definition) is 1. The molecule has 5 rings (SSSR count). The summed E-state index contributed by atoms with van der Waals surface area (Å²) in [5, 5.41) is 5.60. The molecule has 1 aliphatic rings. The number of carbonyl (C=O) groups excluding carboxylic acids is 1. The number of nitrogens with one attached hydrogen (secondary N) is 1. The predicted octanol–water partition coefficient (Wildman–Crippen LogP) is 5.66. The minimum atomic E-state index is -3.59. The first-order valence-electron chi connectivity index (χ1n) is 11.1. The Hall–Kier alpha value is -2.81. The van der Waals surface area contributed by atoms with Crippen molar-refractivity contribution in [2.24, 2.45) is 0 Å². The Labute approximate surface area is 197 Å². The van der Waals surface area contributed by atoms with Gasteiger partial charge in [0.1, 0.15) is 0 Å². The molecule has 0 bridgehead atoms. The Balaban J connectivity index is 1.34. The van der Waals surface area contributed by atoms with Crippen LogP contribution in [0.25, 0.3) is 21.0 Å². The van der Waals surface area contributed by atoms with E-state index < -0.39 is 10.0 Å². The molecule has 0 aliphatic heterocycles. The van der Waals surface area contributed by atoms with Gasteiger partial charge in [0.2, 0.25) is 10.0 Å². The van der Waals surface area contributed by atoms with Gasteiger partial charge >= 0.3 is 0 Å². The number of rotatable bonds is 5. The number of fused-ring (bicyclic) bond motifs is 3. The summed E-state index contributed by atoms with van der Waals surface area (Å²) < 4.78 is 28.6. The molecule has 0 saturated heterocycles. The number of hydrogen-bond acceptors (Lipinski definition) is 5. The largest absolute Gasteiger partial charge is 0.298 e. The highest BCUT2D eigenvalue weighted by Crippen LogP contribution is 2.33. The van der Waals surface area contributed by atoms with Gasteiger partial charge in [0.25, 0.3) is 5.91 Å². The van der Waals surface area contributed by atoms with Crippen molar-refractivity contribution >= 4 is 53.4 Å². The molecular weight excluding hydrogens is 454 g/mol.